The molecule has 0 saturated carbocycles. The molecular formula is C28H26BrN3O5. The van der Waals surface area contributed by atoms with Gasteiger partial charge in [-0.1, -0.05) is 45.4 Å². The molecule has 0 spiro atoms. The van der Waals surface area contributed by atoms with Crippen molar-refractivity contribution in [2.24, 2.45) is 0 Å². The van der Waals surface area contributed by atoms with Gasteiger partial charge in [0.2, 0.25) is 0 Å². The Hall–Kier alpha value is -3.85. The minimum Gasteiger partial charge on any atom is -0.507 e. The van der Waals surface area contributed by atoms with E-state index in [9.17, 15) is 9.90 Å². The lowest BCUT2D eigenvalue weighted by Crippen LogP contribution is -2.28. The van der Waals surface area contributed by atoms with Crippen LogP contribution in [0, 0.1) is 0 Å². The van der Waals surface area contributed by atoms with Gasteiger partial charge in [-0.15, -0.1) is 5.10 Å². The monoisotopic (exact) mass is 563 g/mol. The second kappa shape index (κ2) is 11.0. The SMILES string of the molecule is COc1ccc(CCC2Cc3cc(OCc4cn(Cc5ccc(Br)cc5)nn4)cc(O)c3C(=O)O2)cc1. The van der Waals surface area contributed by atoms with E-state index in [4.69, 9.17) is 14.2 Å². The molecule has 0 radical (unpaired) electrons. The van der Waals surface area contributed by atoms with Gasteiger partial charge in [0.1, 0.15) is 41.2 Å². The second-order valence-corrected chi connectivity index (χ2v) is 9.83. The maximum absolute atomic E-state index is 12.6. The molecule has 37 heavy (non-hydrogen) atoms. The molecule has 0 amide bonds. The number of rotatable bonds is 9. The molecule has 190 valence electrons. The number of methoxy groups -OCH3 is 1. The Labute approximate surface area is 222 Å². The van der Waals surface area contributed by atoms with Crippen LogP contribution >= 0.6 is 15.9 Å². The first-order chi connectivity index (χ1) is 18.0. The lowest BCUT2D eigenvalue weighted by atomic mass is 9.94. The van der Waals surface area contributed by atoms with Crippen molar-refractivity contribution in [1.82, 2.24) is 15.0 Å². The van der Waals surface area contributed by atoms with Gasteiger partial charge in [-0.3, -0.25) is 0 Å². The summed E-state index contributed by atoms with van der Waals surface area (Å²) in [5.74, 6) is 0.602. The van der Waals surface area contributed by atoms with Gasteiger partial charge in [0, 0.05) is 17.0 Å². The number of phenols is 1. The van der Waals surface area contributed by atoms with Crippen molar-refractivity contribution in [2.75, 3.05) is 7.11 Å². The van der Waals surface area contributed by atoms with E-state index in [1.54, 1.807) is 17.9 Å². The van der Waals surface area contributed by atoms with Gasteiger partial charge in [-0.25, -0.2) is 9.48 Å². The van der Waals surface area contributed by atoms with Gasteiger partial charge >= 0.3 is 5.97 Å². The largest absolute Gasteiger partial charge is 0.507 e. The molecule has 1 aliphatic rings. The number of fused-ring (bicyclic) bond motifs is 1. The van der Waals surface area contributed by atoms with Crippen molar-refractivity contribution in [3.05, 3.63) is 99.3 Å². The topological polar surface area (TPSA) is 95.7 Å². The summed E-state index contributed by atoms with van der Waals surface area (Å²) in [7, 11) is 1.64. The highest BCUT2D eigenvalue weighted by molar-refractivity contribution is 9.10. The molecule has 2 heterocycles. The van der Waals surface area contributed by atoms with E-state index in [2.05, 4.69) is 26.2 Å². The fraction of sp³-hybridized carbons (Fsp3) is 0.250. The number of aromatic nitrogens is 3. The smallest absolute Gasteiger partial charge is 0.342 e. The Bertz CT molecular complexity index is 1390. The van der Waals surface area contributed by atoms with E-state index in [0.717, 1.165) is 27.8 Å². The van der Waals surface area contributed by atoms with Crippen LogP contribution in [0.2, 0.25) is 0 Å². The third kappa shape index (κ3) is 6.11. The van der Waals surface area contributed by atoms with Crippen molar-refractivity contribution in [3.8, 4) is 17.2 Å². The van der Waals surface area contributed by atoms with Crippen LogP contribution in [-0.4, -0.2) is 39.3 Å². The molecule has 8 nitrogen and oxygen atoms in total. The van der Waals surface area contributed by atoms with Crippen LogP contribution in [0.4, 0.5) is 0 Å². The Kier molecular flexibility index (Phi) is 7.41. The van der Waals surface area contributed by atoms with Crippen LogP contribution in [-0.2, 0) is 30.7 Å². The number of ether oxygens (including phenoxy) is 3. The minimum absolute atomic E-state index is 0.148. The zero-order valence-corrected chi connectivity index (χ0v) is 21.8. The Morgan fingerprint density at radius 3 is 2.59 bits per heavy atom. The van der Waals surface area contributed by atoms with Crippen molar-refractivity contribution in [2.45, 2.75) is 38.5 Å². The number of halogens is 1. The number of nitrogens with zero attached hydrogens (tertiary/aromatic N) is 3. The van der Waals surface area contributed by atoms with Gasteiger partial charge in [-0.05, 0) is 59.9 Å². The third-order valence-electron chi connectivity index (χ3n) is 6.24. The molecule has 1 N–H and O–H groups in total. The first kappa shape index (κ1) is 24.8. The van der Waals surface area contributed by atoms with Crippen molar-refractivity contribution >= 4 is 21.9 Å². The summed E-state index contributed by atoms with van der Waals surface area (Å²) in [5.41, 5.74) is 3.81. The normalized spacial score (nSPS) is 14.6. The van der Waals surface area contributed by atoms with E-state index in [1.807, 2.05) is 54.7 Å². The first-order valence-electron chi connectivity index (χ1n) is 11.9. The van der Waals surface area contributed by atoms with Crippen LogP contribution in [0.3, 0.4) is 0 Å². The lowest BCUT2D eigenvalue weighted by molar-refractivity contribution is 0.0234. The van der Waals surface area contributed by atoms with Gasteiger partial charge in [0.15, 0.2) is 0 Å². The standard InChI is InChI=1S/C28H26BrN3O5/c1-35-23-9-4-18(5-10-23)6-11-24-12-20-13-25(14-26(33)27(20)28(34)37-24)36-17-22-16-32(31-30-22)15-19-2-7-21(29)8-3-19/h2-5,7-10,13-14,16,24,33H,6,11-12,15,17H2,1H3. The van der Waals surface area contributed by atoms with Gasteiger partial charge in [0.05, 0.1) is 19.9 Å². The molecule has 9 heteroatoms. The number of aryl methyl sites for hydroxylation is 1. The van der Waals surface area contributed by atoms with Crippen LogP contribution in [0.25, 0.3) is 0 Å². The van der Waals surface area contributed by atoms with E-state index in [1.165, 1.54) is 6.07 Å². The van der Waals surface area contributed by atoms with Crippen molar-refractivity contribution in [3.63, 3.8) is 0 Å². The predicted octanol–water partition coefficient (Wildman–Crippen LogP) is 5.10. The number of benzene rings is 3. The third-order valence-corrected chi connectivity index (χ3v) is 6.77. The van der Waals surface area contributed by atoms with E-state index >= 15 is 0 Å². The van der Waals surface area contributed by atoms with Gasteiger partial charge in [0.25, 0.3) is 0 Å². The molecular weight excluding hydrogens is 538 g/mol. The highest BCUT2D eigenvalue weighted by Crippen LogP contribution is 2.34. The summed E-state index contributed by atoms with van der Waals surface area (Å²) in [6, 6.07) is 19.1. The summed E-state index contributed by atoms with van der Waals surface area (Å²) >= 11 is 3.44. The zero-order valence-electron chi connectivity index (χ0n) is 20.3. The number of hydrogen-bond donors (Lipinski definition) is 1. The highest BCUT2D eigenvalue weighted by atomic mass is 79.9. The van der Waals surface area contributed by atoms with Gasteiger partial charge in [-0.2, -0.15) is 0 Å². The Morgan fingerprint density at radius 2 is 1.84 bits per heavy atom. The molecule has 1 aliphatic heterocycles. The molecule has 0 fully saturated rings. The number of phenolic OH excluding ortho intramolecular Hbond substituents is 1. The van der Waals surface area contributed by atoms with Crippen LogP contribution in [0.15, 0.2) is 71.3 Å². The fourth-order valence-corrected chi connectivity index (χ4v) is 4.60. The van der Waals surface area contributed by atoms with E-state index < -0.39 is 5.97 Å². The average molecular weight is 564 g/mol. The molecule has 4 aromatic rings. The number of hydrogen-bond acceptors (Lipinski definition) is 7. The molecule has 1 aromatic heterocycles. The summed E-state index contributed by atoms with van der Waals surface area (Å²) < 4.78 is 19.5. The Balaban J connectivity index is 1.21. The molecule has 0 bridgehead atoms. The predicted molar refractivity (Wildman–Crippen MR) is 140 cm³/mol. The van der Waals surface area contributed by atoms with Gasteiger partial charge < -0.3 is 19.3 Å². The highest BCUT2D eigenvalue weighted by Gasteiger charge is 2.29. The summed E-state index contributed by atoms with van der Waals surface area (Å²) in [4.78, 5) is 12.6. The minimum atomic E-state index is -0.513. The quantitative estimate of drug-likeness (QED) is 0.283. The van der Waals surface area contributed by atoms with Crippen LogP contribution in [0.1, 0.15) is 39.2 Å². The van der Waals surface area contributed by atoms with Crippen LogP contribution < -0.4 is 9.47 Å². The average Bonchev–Trinajstić information content (AvgIpc) is 3.34. The summed E-state index contributed by atoms with van der Waals surface area (Å²) in [6.07, 6.45) is 3.48. The fourth-order valence-electron chi connectivity index (χ4n) is 4.33. The van der Waals surface area contributed by atoms with E-state index in [-0.39, 0.29) is 24.0 Å². The molecule has 3 aromatic carbocycles. The summed E-state index contributed by atoms with van der Waals surface area (Å²) in [6.45, 7) is 0.782. The molecule has 0 saturated heterocycles. The second-order valence-electron chi connectivity index (χ2n) is 8.92. The number of cyclic esters (lactones) is 1. The molecule has 0 aliphatic carbocycles. The number of aromatic hydroxyl groups is 1. The molecule has 1 unspecified atom stereocenters. The first-order valence-corrected chi connectivity index (χ1v) is 12.7. The van der Waals surface area contributed by atoms with Crippen molar-refractivity contribution in [1.29, 1.82) is 0 Å². The summed E-state index contributed by atoms with van der Waals surface area (Å²) in [5, 5.41) is 18.9. The molecule has 5 rings (SSSR count). The Morgan fingerprint density at radius 1 is 1.08 bits per heavy atom. The maximum Gasteiger partial charge on any atom is 0.342 e. The molecule has 1 atom stereocenters. The number of esters is 1. The maximum atomic E-state index is 12.6. The zero-order chi connectivity index (χ0) is 25.8. The van der Waals surface area contributed by atoms with Crippen LogP contribution in [0.5, 0.6) is 17.2 Å². The van der Waals surface area contributed by atoms with Crippen molar-refractivity contribution < 1.29 is 24.1 Å². The number of carbonyl (C=O) groups excluding carboxylic acids is 1. The lowest BCUT2D eigenvalue weighted by Gasteiger charge is -2.25. The number of carbonyl (C=O) groups is 1. The van der Waals surface area contributed by atoms with E-state index in [0.29, 0.717) is 36.4 Å².